The lowest BCUT2D eigenvalue weighted by atomic mass is 9.58. The minimum Gasteiger partial charge on any atom is -0.444 e. The fraction of sp³-hybridized carbons (Fsp3) is 0.481. The van der Waals surface area contributed by atoms with Gasteiger partial charge in [0.1, 0.15) is 11.7 Å². The molecule has 0 radical (unpaired) electrons. The third kappa shape index (κ3) is 4.25. The predicted octanol–water partition coefficient (Wildman–Crippen LogP) is 4.64. The van der Waals surface area contributed by atoms with Gasteiger partial charge in [-0.25, -0.2) is 4.79 Å². The average molecular weight is 458 g/mol. The second-order valence-corrected chi connectivity index (χ2v) is 10.9. The number of rotatable bonds is 1. The summed E-state index contributed by atoms with van der Waals surface area (Å²) in [6.45, 7) is 12.2. The SMILES string of the molecule is CC(C)(C)OC(=O)N1CC=C2C(C#N)=C(N)C(C#N)(C#N)[C@H](c3ccc(C(C)(C)C)cc3)[C@H]2C1. The highest BCUT2D eigenvalue weighted by Gasteiger charge is 2.55. The van der Waals surface area contributed by atoms with Gasteiger partial charge in [-0.1, -0.05) is 51.1 Å². The van der Waals surface area contributed by atoms with Crippen LogP contribution >= 0.6 is 0 Å². The van der Waals surface area contributed by atoms with Gasteiger partial charge in [0.25, 0.3) is 0 Å². The first-order valence-electron chi connectivity index (χ1n) is 11.3. The lowest BCUT2D eigenvalue weighted by Crippen LogP contribution is -2.50. The van der Waals surface area contributed by atoms with Crippen LogP contribution < -0.4 is 5.73 Å². The number of hydrogen-bond donors (Lipinski definition) is 1. The van der Waals surface area contributed by atoms with E-state index in [1.165, 1.54) is 0 Å². The van der Waals surface area contributed by atoms with E-state index in [0.717, 1.165) is 11.1 Å². The van der Waals surface area contributed by atoms with Crippen LogP contribution in [0.25, 0.3) is 0 Å². The van der Waals surface area contributed by atoms with Gasteiger partial charge in [-0.3, -0.25) is 0 Å². The van der Waals surface area contributed by atoms with Crippen molar-refractivity contribution in [2.45, 2.75) is 58.5 Å². The molecule has 1 aliphatic carbocycles. The largest absolute Gasteiger partial charge is 0.444 e. The van der Waals surface area contributed by atoms with Crippen molar-refractivity contribution in [3.63, 3.8) is 0 Å². The maximum absolute atomic E-state index is 12.8. The number of nitrogens with two attached hydrogens (primary N) is 1. The summed E-state index contributed by atoms with van der Waals surface area (Å²) < 4.78 is 5.56. The minimum absolute atomic E-state index is 0.0295. The monoisotopic (exact) mass is 457 g/mol. The quantitative estimate of drug-likeness (QED) is 0.654. The summed E-state index contributed by atoms with van der Waals surface area (Å²) in [5.41, 5.74) is 6.56. The average Bonchev–Trinajstić information content (AvgIpc) is 2.76. The standard InChI is InChI=1S/C27H31N5O2/c1-25(2,3)18-9-7-17(8-10-18)22-21-14-32(24(33)34-26(4,5)6)12-11-19(21)20(13-28)23(31)27(22,15-29)16-30/h7-11,21-22H,12,14,31H2,1-6H3/t21-,22+/m0/s1. The molecule has 7 nitrogen and oxygen atoms in total. The number of nitriles is 3. The molecule has 1 amide bonds. The summed E-state index contributed by atoms with van der Waals surface area (Å²) in [6.07, 6.45) is 1.31. The highest BCUT2D eigenvalue weighted by atomic mass is 16.6. The van der Waals surface area contributed by atoms with E-state index in [9.17, 15) is 20.6 Å². The van der Waals surface area contributed by atoms with E-state index in [2.05, 4.69) is 39.0 Å². The smallest absolute Gasteiger partial charge is 0.410 e. The number of nitrogens with zero attached hydrogens (tertiary/aromatic N) is 4. The summed E-state index contributed by atoms with van der Waals surface area (Å²) >= 11 is 0. The molecule has 0 spiro atoms. The van der Waals surface area contributed by atoms with Crippen molar-refractivity contribution in [3.8, 4) is 18.2 Å². The van der Waals surface area contributed by atoms with E-state index in [1.54, 1.807) is 31.7 Å². The molecule has 0 saturated carbocycles. The molecule has 2 aliphatic rings. The molecule has 1 aliphatic heterocycles. The molecule has 3 rings (SSSR count). The van der Waals surface area contributed by atoms with E-state index in [1.807, 2.05) is 24.3 Å². The zero-order chi connectivity index (χ0) is 25.5. The third-order valence-electron chi connectivity index (χ3n) is 6.45. The molecule has 7 heteroatoms. The first-order valence-corrected chi connectivity index (χ1v) is 11.3. The van der Waals surface area contributed by atoms with Gasteiger partial charge in [-0.15, -0.1) is 0 Å². The van der Waals surface area contributed by atoms with Gasteiger partial charge in [0.2, 0.25) is 0 Å². The Hall–Kier alpha value is -3.76. The Morgan fingerprint density at radius 2 is 1.68 bits per heavy atom. The predicted molar refractivity (Wildman–Crippen MR) is 128 cm³/mol. The van der Waals surface area contributed by atoms with Gasteiger partial charge in [0.15, 0.2) is 5.41 Å². The van der Waals surface area contributed by atoms with Crippen molar-refractivity contribution in [2.24, 2.45) is 17.1 Å². The van der Waals surface area contributed by atoms with Crippen LogP contribution in [-0.2, 0) is 10.2 Å². The van der Waals surface area contributed by atoms with Gasteiger partial charge in [0, 0.05) is 24.9 Å². The Kier molecular flexibility index (Phi) is 6.25. The molecule has 34 heavy (non-hydrogen) atoms. The van der Waals surface area contributed by atoms with Crippen LogP contribution in [0.5, 0.6) is 0 Å². The lowest BCUT2D eigenvalue weighted by molar-refractivity contribution is 0.0224. The van der Waals surface area contributed by atoms with Crippen molar-refractivity contribution in [1.29, 1.82) is 15.8 Å². The molecule has 1 heterocycles. The van der Waals surface area contributed by atoms with Crippen molar-refractivity contribution in [1.82, 2.24) is 4.90 Å². The zero-order valence-electron chi connectivity index (χ0n) is 20.6. The van der Waals surface area contributed by atoms with Crippen LogP contribution in [0.4, 0.5) is 4.79 Å². The van der Waals surface area contributed by atoms with E-state index >= 15 is 0 Å². The molecule has 0 aromatic heterocycles. The topological polar surface area (TPSA) is 127 Å². The fourth-order valence-electron chi connectivity index (χ4n) is 4.72. The summed E-state index contributed by atoms with van der Waals surface area (Å²) in [6, 6.07) is 14.2. The van der Waals surface area contributed by atoms with E-state index in [-0.39, 0.29) is 29.8 Å². The second kappa shape index (κ2) is 8.54. The molecular formula is C27H31N5O2. The summed E-state index contributed by atoms with van der Waals surface area (Å²) in [5, 5.41) is 30.4. The van der Waals surface area contributed by atoms with Gasteiger partial charge < -0.3 is 15.4 Å². The first kappa shape index (κ1) is 24.9. The molecule has 176 valence electrons. The van der Waals surface area contributed by atoms with Gasteiger partial charge in [-0.2, -0.15) is 15.8 Å². The number of fused-ring (bicyclic) bond motifs is 1. The molecule has 0 fully saturated rings. The Bertz CT molecular complexity index is 1160. The van der Waals surface area contributed by atoms with Crippen LogP contribution in [0.3, 0.4) is 0 Å². The highest BCUT2D eigenvalue weighted by Crippen LogP contribution is 2.54. The van der Waals surface area contributed by atoms with Gasteiger partial charge >= 0.3 is 6.09 Å². The van der Waals surface area contributed by atoms with Gasteiger partial charge in [-0.05, 0) is 42.9 Å². The molecule has 1 aromatic rings. The Balaban J connectivity index is 2.18. The summed E-state index contributed by atoms with van der Waals surface area (Å²) in [4.78, 5) is 14.4. The minimum atomic E-state index is -1.74. The normalized spacial score (nSPS) is 22.0. The Morgan fingerprint density at radius 3 is 2.15 bits per heavy atom. The fourth-order valence-corrected chi connectivity index (χ4v) is 4.72. The zero-order valence-corrected chi connectivity index (χ0v) is 20.6. The number of allylic oxidation sites excluding steroid dienone is 2. The number of amides is 1. The number of carbonyl (C=O) groups is 1. The van der Waals surface area contributed by atoms with Crippen LogP contribution in [-0.4, -0.2) is 29.7 Å². The summed E-state index contributed by atoms with van der Waals surface area (Å²) in [5.74, 6) is -1.13. The number of ether oxygens (including phenoxy) is 1. The van der Waals surface area contributed by atoms with E-state index < -0.39 is 28.9 Å². The van der Waals surface area contributed by atoms with E-state index in [4.69, 9.17) is 10.5 Å². The molecule has 2 N–H and O–H groups in total. The number of hydrogen-bond acceptors (Lipinski definition) is 6. The molecule has 2 atom stereocenters. The van der Waals surface area contributed by atoms with Gasteiger partial charge in [0.05, 0.1) is 23.4 Å². The van der Waals surface area contributed by atoms with Crippen LogP contribution in [0.15, 0.2) is 47.2 Å². The van der Waals surface area contributed by atoms with Crippen molar-refractivity contribution < 1.29 is 9.53 Å². The Morgan fingerprint density at radius 1 is 1.09 bits per heavy atom. The van der Waals surface area contributed by atoms with E-state index in [0.29, 0.717) is 5.57 Å². The molecular weight excluding hydrogens is 426 g/mol. The second-order valence-electron chi connectivity index (χ2n) is 10.9. The van der Waals surface area contributed by atoms with Crippen molar-refractivity contribution in [2.75, 3.05) is 13.1 Å². The maximum atomic E-state index is 12.8. The van der Waals surface area contributed by atoms with Crippen LogP contribution in [0.1, 0.15) is 58.6 Å². The van der Waals surface area contributed by atoms with Crippen molar-refractivity contribution in [3.05, 3.63) is 58.3 Å². The summed E-state index contributed by atoms with van der Waals surface area (Å²) in [7, 11) is 0. The maximum Gasteiger partial charge on any atom is 0.410 e. The van der Waals surface area contributed by atoms with Crippen LogP contribution in [0.2, 0.25) is 0 Å². The van der Waals surface area contributed by atoms with Crippen molar-refractivity contribution >= 4 is 6.09 Å². The molecule has 0 unspecified atom stereocenters. The van der Waals surface area contributed by atoms with Crippen LogP contribution in [0, 0.1) is 45.3 Å². The first-order chi connectivity index (χ1) is 15.8. The Labute approximate surface area is 201 Å². The molecule has 1 aromatic carbocycles. The number of benzene rings is 1. The number of carbonyl (C=O) groups excluding carboxylic acids is 1. The molecule has 0 bridgehead atoms. The lowest BCUT2D eigenvalue weighted by Gasteiger charge is -2.45. The molecule has 0 saturated heterocycles. The highest BCUT2D eigenvalue weighted by molar-refractivity contribution is 5.70. The third-order valence-corrected chi connectivity index (χ3v) is 6.45.